The van der Waals surface area contributed by atoms with Crippen molar-refractivity contribution in [1.29, 1.82) is 0 Å². The maximum Gasteiger partial charge on any atom is 0.192 e. The number of benzene rings is 2. The first-order chi connectivity index (χ1) is 12.6. The van der Waals surface area contributed by atoms with Crippen LogP contribution in [0.2, 0.25) is 0 Å². The third kappa shape index (κ3) is 2.07. The second kappa shape index (κ2) is 5.53. The fourth-order valence-electron chi connectivity index (χ4n) is 4.43. The Labute approximate surface area is 152 Å². The molecule has 1 aliphatic heterocycles. The van der Waals surface area contributed by atoms with E-state index in [2.05, 4.69) is 29.6 Å². The first kappa shape index (κ1) is 15.3. The smallest absolute Gasteiger partial charge is 0.192 e. The number of Topliss-reactive ketones (excluding diaryl/α,β-unsaturated/α-hetero) is 2. The predicted molar refractivity (Wildman–Crippen MR) is 101 cm³/mol. The van der Waals surface area contributed by atoms with Crippen molar-refractivity contribution in [3.8, 4) is 0 Å². The van der Waals surface area contributed by atoms with Gasteiger partial charge in [0, 0.05) is 40.3 Å². The monoisotopic (exact) mass is 341 g/mol. The Balaban J connectivity index is 1.75. The molecule has 2 aliphatic carbocycles. The highest BCUT2D eigenvalue weighted by Gasteiger charge is 2.43. The molecule has 0 bridgehead atoms. The van der Waals surface area contributed by atoms with Crippen molar-refractivity contribution in [3.63, 3.8) is 0 Å². The number of rotatable bonds is 1. The van der Waals surface area contributed by atoms with Crippen molar-refractivity contribution >= 4 is 17.3 Å². The van der Waals surface area contributed by atoms with Gasteiger partial charge in [-0.1, -0.05) is 54.1 Å². The number of ketones is 2. The predicted octanol–water partition coefficient (Wildman–Crippen LogP) is 4.30. The minimum atomic E-state index is -0.269. The minimum absolute atomic E-state index is 0.0404. The Kier molecular flexibility index (Phi) is 3.26. The van der Waals surface area contributed by atoms with Crippen LogP contribution in [0.4, 0.5) is 0 Å². The molecule has 3 heteroatoms. The molecule has 0 saturated carbocycles. The molecule has 3 nitrogen and oxygen atoms in total. The van der Waals surface area contributed by atoms with Gasteiger partial charge in [-0.3, -0.25) is 9.59 Å². The number of hydrogen-bond donors (Lipinski definition) is 1. The number of fused-ring (bicyclic) bond motifs is 2. The van der Waals surface area contributed by atoms with Gasteiger partial charge in [0.05, 0.1) is 5.70 Å². The molecule has 1 atom stereocenters. The standard InChI is InChI=1S/C23H19NO2/c1-13-9-11-14(12-10-13)19-20-17(7-4-8-18(20)25)24-22-15-5-2-3-6-16(15)23(26)21(19)22/h2-3,5-6,9-12,19,24H,4,7-8H2,1H3. The summed E-state index contributed by atoms with van der Waals surface area (Å²) in [6, 6.07) is 15.9. The zero-order valence-electron chi connectivity index (χ0n) is 14.6. The van der Waals surface area contributed by atoms with Crippen LogP contribution < -0.4 is 5.32 Å². The summed E-state index contributed by atoms with van der Waals surface area (Å²) < 4.78 is 0. The molecule has 0 radical (unpaired) electrons. The molecule has 0 amide bonds. The van der Waals surface area contributed by atoms with Crippen molar-refractivity contribution in [2.24, 2.45) is 0 Å². The molecule has 1 heterocycles. The Morgan fingerprint density at radius 2 is 1.62 bits per heavy atom. The summed E-state index contributed by atoms with van der Waals surface area (Å²) in [6.07, 6.45) is 2.28. The van der Waals surface area contributed by atoms with Gasteiger partial charge >= 0.3 is 0 Å². The first-order valence-electron chi connectivity index (χ1n) is 9.13. The largest absolute Gasteiger partial charge is 0.358 e. The van der Waals surface area contributed by atoms with Crippen molar-refractivity contribution in [2.45, 2.75) is 32.1 Å². The van der Waals surface area contributed by atoms with Gasteiger partial charge < -0.3 is 5.32 Å². The van der Waals surface area contributed by atoms with E-state index in [0.29, 0.717) is 6.42 Å². The molecule has 0 aromatic heterocycles. The van der Waals surface area contributed by atoms with Crippen molar-refractivity contribution in [1.82, 2.24) is 5.32 Å². The van der Waals surface area contributed by atoms with Crippen LogP contribution in [0, 0.1) is 6.92 Å². The molecule has 1 N–H and O–H groups in total. The summed E-state index contributed by atoms with van der Waals surface area (Å²) in [4.78, 5) is 26.0. The van der Waals surface area contributed by atoms with Gasteiger partial charge in [0.1, 0.15) is 0 Å². The van der Waals surface area contributed by atoms with Crippen molar-refractivity contribution in [3.05, 3.63) is 87.6 Å². The van der Waals surface area contributed by atoms with Crippen LogP contribution in [0.15, 0.2) is 65.4 Å². The molecule has 3 aliphatic rings. The molecule has 5 rings (SSSR count). The summed E-state index contributed by atoms with van der Waals surface area (Å²) in [5, 5.41) is 3.46. The highest BCUT2D eigenvalue weighted by atomic mass is 16.1. The molecule has 128 valence electrons. The van der Waals surface area contributed by atoms with Gasteiger partial charge in [-0.15, -0.1) is 0 Å². The number of hydrogen-bond acceptors (Lipinski definition) is 3. The number of carbonyl (C=O) groups excluding carboxylic acids is 2. The maximum absolute atomic E-state index is 13.2. The summed E-state index contributed by atoms with van der Waals surface area (Å²) in [6.45, 7) is 2.05. The van der Waals surface area contributed by atoms with E-state index in [1.165, 1.54) is 5.56 Å². The molecule has 0 saturated heterocycles. The van der Waals surface area contributed by atoms with E-state index >= 15 is 0 Å². The lowest BCUT2D eigenvalue weighted by Crippen LogP contribution is -2.31. The molecule has 2 aromatic rings. The minimum Gasteiger partial charge on any atom is -0.358 e. The van der Waals surface area contributed by atoms with E-state index in [9.17, 15) is 9.59 Å². The molecular weight excluding hydrogens is 322 g/mol. The van der Waals surface area contributed by atoms with Crippen LogP contribution in [0.3, 0.4) is 0 Å². The summed E-state index contributed by atoms with van der Waals surface area (Å²) >= 11 is 0. The average molecular weight is 341 g/mol. The van der Waals surface area contributed by atoms with Crippen LogP contribution in [0.5, 0.6) is 0 Å². The zero-order chi connectivity index (χ0) is 17.8. The lowest BCUT2D eigenvalue weighted by atomic mass is 9.75. The van der Waals surface area contributed by atoms with Crippen LogP contribution >= 0.6 is 0 Å². The van der Waals surface area contributed by atoms with Gasteiger partial charge in [0.15, 0.2) is 11.6 Å². The lowest BCUT2D eigenvalue weighted by molar-refractivity contribution is -0.116. The highest BCUT2D eigenvalue weighted by Crippen LogP contribution is 2.48. The van der Waals surface area contributed by atoms with Crippen molar-refractivity contribution in [2.75, 3.05) is 0 Å². The van der Waals surface area contributed by atoms with E-state index in [4.69, 9.17) is 0 Å². The quantitative estimate of drug-likeness (QED) is 0.841. The number of dihydropyridines is 1. The van der Waals surface area contributed by atoms with Gasteiger partial charge in [0.2, 0.25) is 0 Å². The first-order valence-corrected chi connectivity index (χ1v) is 9.13. The van der Waals surface area contributed by atoms with E-state index in [1.807, 2.05) is 31.2 Å². The van der Waals surface area contributed by atoms with E-state index in [1.54, 1.807) is 0 Å². The van der Waals surface area contributed by atoms with Gasteiger partial charge in [-0.05, 0) is 25.3 Å². The Morgan fingerprint density at radius 1 is 0.885 bits per heavy atom. The van der Waals surface area contributed by atoms with Crippen LogP contribution in [-0.2, 0) is 4.79 Å². The number of nitrogens with one attached hydrogen (secondary N) is 1. The normalized spacial score (nSPS) is 21.3. The molecule has 2 aromatic carbocycles. The van der Waals surface area contributed by atoms with E-state index in [-0.39, 0.29) is 17.5 Å². The number of allylic oxidation sites excluding steroid dienone is 3. The van der Waals surface area contributed by atoms with Gasteiger partial charge in [0.25, 0.3) is 0 Å². The fraction of sp³-hybridized carbons (Fsp3) is 0.217. The fourth-order valence-corrected chi connectivity index (χ4v) is 4.43. The Morgan fingerprint density at radius 3 is 2.38 bits per heavy atom. The van der Waals surface area contributed by atoms with Crippen LogP contribution in [0.25, 0.3) is 5.70 Å². The van der Waals surface area contributed by atoms with E-state index in [0.717, 1.165) is 52.1 Å². The lowest BCUT2D eigenvalue weighted by Gasteiger charge is -2.33. The maximum atomic E-state index is 13.2. The Bertz CT molecular complexity index is 1020. The number of aryl methyl sites for hydroxylation is 1. The summed E-state index contributed by atoms with van der Waals surface area (Å²) in [7, 11) is 0. The van der Waals surface area contributed by atoms with Crippen LogP contribution in [0.1, 0.15) is 52.2 Å². The SMILES string of the molecule is Cc1ccc(C2C3=C(CCCC3=O)NC3=C2C(=O)c2ccccc23)cc1. The second-order valence-electron chi connectivity index (χ2n) is 7.30. The zero-order valence-corrected chi connectivity index (χ0v) is 14.6. The summed E-state index contributed by atoms with van der Waals surface area (Å²) in [5.74, 6) is -0.0622. The third-order valence-electron chi connectivity index (χ3n) is 5.68. The van der Waals surface area contributed by atoms with Crippen LogP contribution in [-0.4, -0.2) is 11.6 Å². The van der Waals surface area contributed by atoms with Crippen molar-refractivity contribution < 1.29 is 9.59 Å². The topological polar surface area (TPSA) is 46.2 Å². The van der Waals surface area contributed by atoms with E-state index < -0.39 is 0 Å². The molecule has 0 fully saturated rings. The molecule has 1 unspecified atom stereocenters. The third-order valence-corrected chi connectivity index (χ3v) is 5.68. The molecule has 26 heavy (non-hydrogen) atoms. The molecule has 0 spiro atoms. The van der Waals surface area contributed by atoms with Gasteiger partial charge in [-0.2, -0.15) is 0 Å². The Hall–Kier alpha value is -2.94. The number of carbonyl (C=O) groups is 2. The van der Waals surface area contributed by atoms with Gasteiger partial charge in [-0.25, -0.2) is 0 Å². The average Bonchev–Trinajstić information content (AvgIpc) is 2.94. The summed E-state index contributed by atoms with van der Waals surface area (Å²) in [5.41, 5.74) is 7.28. The highest BCUT2D eigenvalue weighted by molar-refractivity contribution is 6.23. The molecular formula is C23H19NO2. The second-order valence-corrected chi connectivity index (χ2v) is 7.30.